The van der Waals surface area contributed by atoms with Crippen LogP contribution in [0.15, 0.2) is 12.3 Å². The summed E-state index contributed by atoms with van der Waals surface area (Å²) in [6.45, 7) is 22.7. The van der Waals surface area contributed by atoms with E-state index in [1.54, 1.807) is 0 Å². The summed E-state index contributed by atoms with van der Waals surface area (Å²) < 4.78 is 0. The molecule has 0 radical (unpaired) electrons. The van der Waals surface area contributed by atoms with Gasteiger partial charge in [-0.1, -0.05) is 47.6 Å². The van der Waals surface area contributed by atoms with Crippen LogP contribution in [0, 0.1) is 5.41 Å². The van der Waals surface area contributed by atoms with Gasteiger partial charge in [0.05, 0.1) is 0 Å². The Morgan fingerprint density at radius 1 is 1.18 bits per heavy atom. The fourth-order valence-electron chi connectivity index (χ4n) is 3.30. The van der Waals surface area contributed by atoms with Gasteiger partial charge in [-0.3, -0.25) is 4.90 Å². The van der Waals surface area contributed by atoms with Crippen LogP contribution in [0.25, 0.3) is 0 Å². The molecule has 0 bridgehead atoms. The zero-order valence-corrected chi connectivity index (χ0v) is 15.7. The molecule has 3 heteroatoms. The molecule has 0 spiro atoms. The van der Waals surface area contributed by atoms with Gasteiger partial charge in [-0.15, -0.1) is 0 Å². The molecule has 1 unspecified atom stereocenters. The van der Waals surface area contributed by atoms with Crippen molar-refractivity contribution in [3.05, 3.63) is 12.3 Å². The summed E-state index contributed by atoms with van der Waals surface area (Å²) in [5.41, 5.74) is 1.50. The average molecular weight is 310 g/mol. The molecule has 1 rings (SSSR count). The van der Waals surface area contributed by atoms with E-state index in [4.69, 9.17) is 0 Å². The molecule has 1 aliphatic rings. The van der Waals surface area contributed by atoms with E-state index in [0.717, 1.165) is 25.6 Å². The Kier molecular flexibility index (Phi) is 8.48. The van der Waals surface area contributed by atoms with Crippen LogP contribution in [0.4, 0.5) is 0 Å². The molecular formula is C19H39N3. The minimum atomic E-state index is 0.320. The molecule has 0 aromatic rings. The third-order valence-corrected chi connectivity index (χ3v) is 4.51. The summed E-state index contributed by atoms with van der Waals surface area (Å²) in [6.07, 6.45) is 4.95. The van der Waals surface area contributed by atoms with Crippen molar-refractivity contribution < 1.29 is 0 Å². The maximum atomic E-state index is 4.17. The van der Waals surface area contributed by atoms with Crippen molar-refractivity contribution in [3.8, 4) is 0 Å². The second kappa shape index (κ2) is 9.57. The van der Waals surface area contributed by atoms with Gasteiger partial charge >= 0.3 is 0 Å². The fraction of sp³-hybridized carbons (Fsp3) is 0.895. The number of hydrogen-bond acceptors (Lipinski definition) is 3. The van der Waals surface area contributed by atoms with Crippen LogP contribution >= 0.6 is 0 Å². The number of rotatable bonds is 9. The van der Waals surface area contributed by atoms with Gasteiger partial charge in [-0.05, 0) is 31.2 Å². The van der Waals surface area contributed by atoms with Crippen molar-refractivity contribution in [2.45, 2.75) is 66.3 Å². The molecule has 130 valence electrons. The molecule has 0 aromatic carbocycles. The van der Waals surface area contributed by atoms with Gasteiger partial charge < -0.3 is 10.2 Å². The lowest BCUT2D eigenvalue weighted by Crippen LogP contribution is -2.54. The number of piperazine rings is 1. The maximum absolute atomic E-state index is 4.17. The van der Waals surface area contributed by atoms with E-state index in [2.05, 4.69) is 56.3 Å². The fourth-order valence-corrected chi connectivity index (χ4v) is 3.30. The van der Waals surface area contributed by atoms with E-state index in [1.165, 1.54) is 51.1 Å². The highest BCUT2D eigenvalue weighted by molar-refractivity contribution is 4.95. The highest BCUT2D eigenvalue weighted by Crippen LogP contribution is 2.21. The number of allylic oxidation sites excluding steroid dienone is 1. The molecule has 0 saturated carbocycles. The van der Waals surface area contributed by atoms with Crippen LogP contribution in [-0.4, -0.2) is 55.1 Å². The van der Waals surface area contributed by atoms with E-state index in [0.29, 0.717) is 5.41 Å². The van der Waals surface area contributed by atoms with Crippen molar-refractivity contribution in [3.63, 3.8) is 0 Å². The van der Waals surface area contributed by atoms with Gasteiger partial charge in [-0.25, -0.2) is 0 Å². The Hall–Kier alpha value is -0.540. The van der Waals surface area contributed by atoms with Crippen LogP contribution in [-0.2, 0) is 0 Å². The van der Waals surface area contributed by atoms with Crippen molar-refractivity contribution in [1.82, 2.24) is 15.1 Å². The molecule has 0 amide bonds. The van der Waals surface area contributed by atoms with E-state index >= 15 is 0 Å². The lowest BCUT2D eigenvalue weighted by atomic mass is 9.91. The van der Waals surface area contributed by atoms with Gasteiger partial charge in [0.1, 0.15) is 0 Å². The molecule has 1 fully saturated rings. The number of unbranched alkanes of at least 4 members (excludes halogenated alkanes) is 1. The summed E-state index contributed by atoms with van der Waals surface area (Å²) in [5.74, 6) is 0. The first kappa shape index (κ1) is 19.5. The first-order valence-electron chi connectivity index (χ1n) is 9.23. The molecule has 22 heavy (non-hydrogen) atoms. The van der Waals surface area contributed by atoms with Gasteiger partial charge in [0.15, 0.2) is 0 Å². The summed E-state index contributed by atoms with van der Waals surface area (Å²) in [6, 6.07) is 0.725. The van der Waals surface area contributed by atoms with Crippen LogP contribution in [0.2, 0.25) is 0 Å². The molecule has 1 aliphatic heterocycles. The van der Waals surface area contributed by atoms with Crippen molar-refractivity contribution in [2.24, 2.45) is 5.41 Å². The Morgan fingerprint density at radius 2 is 1.91 bits per heavy atom. The number of nitrogens with zero attached hydrogens (tertiary/aromatic N) is 2. The maximum Gasteiger partial charge on any atom is 0.0271 e. The van der Waals surface area contributed by atoms with Crippen molar-refractivity contribution >= 4 is 0 Å². The highest BCUT2D eigenvalue weighted by atomic mass is 15.3. The highest BCUT2D eigenvalue weighted by Gasteiger charge is 2.24. The number of nitrogens with one attached hydrogen (secondary N) is 1. The second-order valence-electron chi connectivity index (χ2n) is 8.02. The van der Waals surface area contributed by atoms with E-state index in [-0.39, 0.29) is 0 Å². The molecule has 0 aliphatic carbocycles. The standard InChI is InChI=1S/C19H39N3/c1-7-9-11-21-13-14-22(18(8-2)16-21)12-10-20-17(3)15-19(4,5)6/h18,20H,3,7-16H2,1-2,4-6H3. The number of hydrogen-bond donors (Lipinski definition) is 1. The quantitative estimate of drug-likeness (QED) is 0.700. The molecule has 1 saturated heterocycles. The zero-order chi connectivity index (χ0) is 16.6. The van der Waals surface area contributed by atoms with Gasteiger partial charge in [0.2, 0.25) is 0 Å². The lowest BCUT2D eigenvalue weighted by molar-refractivity contribution is 0.0725. The summed E-state index contributed by atoms with van der Waals surface area (Å²) in [4.78, 5) is 5.32. The Labute approximate surface area is 139 Å². The molecule has 3 nitrogen and oxygen atoms in total. The first-order valence-corrected chi connectivity index (χ1v) is 9.23. The molecule has 0 aromatic heterocycles. The minimum Gasteiger partial charge on any atom is -0.388 e. The monoisotopic (exact) mass is 309 g/mol. The predicted molar refractivity (Wildman–Crippen MR) is 98.2 cm³/mol. The van der Waals surface area contributed by atoms with Crippen molar-refractivity contribution in [1.29, 1.82) is 0 Å². The summed E-state index contributed by atoms with van der Waals surface area (Å²) in [7, 11) is 0. The van der Waals surface area contributed by atoms with Crippen LogP contribution in [0.5, 0.6) is 0 Å². The first-order chi connectivity index (χ1) is 10.4. The lowest BCUT2D eigenvalue weighted by Gasteiger charge is -2.41. The normalized spacial score (nSPS) is 21.0. The van der Waals surface area contributed by atoms with Crippen LogP contribution in [0.3, 0.4) is 0 Å². The van der Waals surface area contributed by atoms with Gasteiger partial charge in [0, 0.05) is 44.5 Å². The SMILES string of the molecule is C=C(CC(C)(C)C)NCCN1CCN(CCCC)CC1CC. The Balaban J connectivity index is 2.29. The third kappa shape index (κ3) is 7.64. The third-order valence-electron chi connectivity index (χ3n) is 4.51. The second-order valence-corrected chi connectivity index (χ2v) is 8.02. The predicted octanol–water partition coefficient (Wildman–Crippen LogP) is 3.72. The smallest absolute Gasteiger partial charge is 0.0271 e. The van der Waals surface area contributed by atoms with Crippen LogP contribution in [0.1, 0.15) is 60.3 Å². The van der Waals surface area contributed by atoms with E-state index in [9.17, 15) is 0 Å². The summed E-state index contributed by atoms with van der Waals surface area (Å²) in [5, 5.41) is 3.53. The Bertz CT molecular complexity index is 319. The average Bonchev–Trinajstić information content (AvgIpc) is 2.44. The van der Waals surface area contributed by atoms with E-state index in [1.807, 2.05) is 0 Å². The Morgan fingerprint density at radius 3 is 2.50 bits per heavy atom. The largest absolute Gasteiger partial charge is 0.388 e. The molecule has 1 heterocycles. The molecule has 1 N–H and O–H groups in total. The van der Waals surface area contributed by atoms with Crippen molar-refractivity contribution in [2.75, 3.05) is 39.3 Å². The van der Waals surface area contributed by atoms with E-state index < -0.39 is 0 Å². The topological polar surface area (TPSA) is 18.5 Å². The molecule has 1 atom stereocenters. The summed E-state index contributed by atoms with van der Waals surface area (Å²) >= 11 is 0. The molecular weight excluding hydrogens is 270 g/mol. The van der Waals surface area contributed by atoms with Gasteiger partial charge in [-0.2, -0.15) is 0 Å². The minimum absolute atomic E-state index is 0.320. The zero-order valence-electron chi connectivity index (χ0n) is 15.7. The van der Waals surface area contributed by atoms with Crippen LogP contribution < -0.4 is 5.32 Å². The van der Waals surface area contributed by atoms with Gasteiger partial charge in [0.25, 0.3) is 0 Å².